The number of nitrogens with zero attached hydrogens (tertiary/aromatic N) is 1. The molecule has 3 aliphatic rings. The van der Waals surface area contributed by atoms with Gasteiger partial charge in [0.25, 0.3) is 10.0 Å². The van der Waals surface area contributed by atoms with E-state index in [-0.39, 0.29) is 16.4 Å². The van der Waals surface area contributed by atoms with Crippen LogP contribution in [0.2, 0.25) is 0 Å². The number of rotatable bonds is 4. The normalized spacial score (nSPS) is 22.8. The van der Waals surface area contributed by atoms with Gasteiger partial charge < -0.3 is 5.73 Å². The van der Waals surface area contributed by atoms with Crippen LogP contribution in [0.4, 0.5) is 5.69 Å². The summed E-state index contributed by atoms with van der Waals surface area (Å²) in [7, 11) is -3.78. The van der Waals surface area contributed by atoms with Gasteiger partial charge in [0.05, 0.1) is 16.6 Å². The Morgan fingerprint density at radius 2 is 1.77 bits per heavy atom. The van der Waals surface area contributed by atoms with E-state index in [1.165, 1.54) is 24.3 Å². The zero-order valence-corrected chi connectivity index (χ0v) is 19.6. The van der Waals surface area contributed by atoms with Crippen molar-refractivity contribution >= 4 is 49.3 Å². The lowest BCUT2D eigenvalue weighted by Crippen LogP contribution is -2.50. The van der Waals surface area contributed by atoms with Gasteiger partial charge in [0, 0.05) is 15.5 Å². The lowest BCUT2D eigenvalue weighted by Gasteiger charge is -2.41. The maximum atomic E-state index is 13.9. The minimum atomic E-state index is -3.78. The number of nitrogens with two attached hydrogens (primary N) is 1. The molecule has 1 saturated heterocycles. The van der Waals surface area contributed by atoms with Crippen molar-refractivity contribution in [1.82, 2.24) is 0 Å². The fraction of sp³-hybridized carbons (Fsp3) is 0.409. The van der Waals surface area contributed by atoms with Crippen LogP contribution in [0.25, 0.3) is 0 Å². The van der Waals surface area contributed by atoms with Gasteiger partial charge in [0.1, 0.15) is 0 Å². The lowest BCUT2D eigenvalue weighted by molar-refractivity contribution is 0.1000. The Bertz CT molecular complexity index is 1110. The van der Waals surface area contributed by atoms with Gasteiger partial charge in [0.15, 0.2) is 0 Å². The molecule has 1 saturated carbocycles. The van der Waals surface area contributed by atoms with Crippen molar-refractivity contribution in [3.05, 3.63) is 58.1 Å². The molecule has 158 valence electrons. The van der Waals surface area contributed by atoms with E-state index in [4.69, 9.17) is 5.73 Å². The Morgan fingerprint density at radius 3 is 2.37 bits per heavy atom. The van der Waals surface area contributed by atoms with Crippen molar-refractivity contribution in [1.29, 1.82) is 0 Å². The molecule has 2 heterocycles. The minimum Gasteiger partial charge on any atom is -0.366 e. The molecule has 5 nitrogen and oxygen atoms in total. The van der Waals surface area contributed by atoms with Crippen LogP contribution in [0.5, 0.6) is 0 Å². The van der Waals surface area contributed by atoms with E-state index in [9.17, 15) is 13.2 Å². The number of fused-ring (bicyclic) bond motifs is 2. The highest BCUT2D eigenvalue weighted by Crippen LogP contribution is 2.59. The van der Waals surface area contributed by atoms with Crippen LogP contribution >= 0.6 is 27.7 Å². The first-order valence-electron chi connectivity index (χ1n) is 10.2. The number of hydrogen-bond acceptors (Lipinski definition) is 4. The molecule has 1 aliphatic carbocycles. The largest absolute Gasteiger partial charge is 0.366 e. The summed E-state index contributed by atoms with van der Waals surface area (Å²) in [6.07, 6.45) is 4.13. The third kappa shape index (κ3) is 3.10. The van der Waals surface area contributed by atoms with Gasteiger partial charge in [-0.05, 0) is 91.1 Å². The summed E-state index contributed by atoms with van der Waals surface area (Å²) in [5.41, 5.74) is 7.47. The third-order valence-corrected chi connectivity index (χ3v) is 9.99. The number of amides is 1. The van der Waals surface area contributed by atoms with Gasteiger partial charge in [-0.2, -0.15) is 11.8 Å². The molecule has 0 radical (unpaired) electrons. The number of carbonyl (C=O) groups is 1. The monoisotopic (exact) mass is 506 g/mol. The van der Waals surface area contributed by atoms with Crippen molar-refractivity contribution in [3.63, 3.8) is 0 Å². The van der Waals surface area contributed by atoms with Gasteiger partial charge >= 0.3 is 0 Å². The van der Waals surface area contributed by atoms with E-state index in [1.807, 2.05) is 23.9 Å². The summed E-state index contributed by atoms with van der Waals surface area (Å²) in [5, 5.41) is 0. The van der Waals surface area contributed by atoms with E-state index in [2.05, 4.69) is 22.0 Å². The second kappa shape index (κ2) is 7.28. The molecular weight excluding hydrogens is 484 g/mol. The standard InChI is InChI=1S/C22H23BrN2O3S2/c23-16-5-8-19-18(13-16)22(9-11-29-12-10-22)20(14-1-2-14)25(19)30(27,28)17-6-3-15(4-7-17)21(24)26/h3-8,13-14,20H,1-2,9-12H2,(H2,24,26). The Kier molecular flexibility index (Phi) is 4.95. The minimum absolute atomic E-state index is 0.0523. The lowest BCUT2D eigenvalue weighted by atomic mass is 9.70. The number of anilines is 1. The maximum absolute atomic E-state index is 13.9. The quantitative estimate of drug-likeness (QED) is 0.669. The number of halogens is 1. The molecule has 30 heavy (non-hydrogen) atoms. The Balaban J connectivity index is 1.67. The summed E-state index contributed by atoms with van der Waals surface area (Å²) < 4.78 is 30.5. The highest BCUT2D eigenvalue weighted by atomic mass is 79.9. The smallest absolute Gasteiger partial charge is 0.264 e. The summed E-state index contributed by atoms with van der Waals surface area (Å²) in [5.74, 6) is 1.93. The topological polar surface area (TPSA) is 80.5 Å². The molecule has 1 amide bonds. The van der Waals surface area contributed by atoms with Gasteiger partial charge in [-0.1, -0.05) is 15.9 Å². The Hall–Kier alpha value is -1.51. The molecule has 2 aromatic carbocycles. The van der Waals surface area contributed by atoms with E-state index in [0.717, 1.165) is 52.9 Å². The fourth-order valence-electron chi connectivity index (χ4n) is 5.17. The molecule has 5 rings (SSSR count). The van der Waals surface area contributed by atoms with Gasteiger partial charge in [0.2, 0.25) is 5.91 Å². The number of sulfonamides is 1. The molecule has 1 spiro atoms. The zero-order chi connectivity index (χ0) is 21.1. The summed E-state index contributed by atoms with van der Waals surface area (Å²) in [6, 6.07) is 11.9. The van der Waals surface area contributed by atoms with Crippen LogP contribution in [-0.2, 0) is 15.4 Å². The number of hydrogen-bond donors (Lipinski definition) is 1. The number of carbonyl (C=O) groups excluding carboxylic acids is 1. The molecule has 8 heteroatoms. The summed E-state index contributed by atoms with van der Waals surface area (Å²) >= 11 is 5.56. The molecule has 2 N–H and O–H groups in total. The van der Waals surface area contributed by atoms with Gasteiger partial charge in [-0.25, -0.2) is 8.42 Å². The van der Waals surface area contributed by atoms with Crippen LogP contribution < -0.4 is 10.0 Å². The summed E-state index contributed by atoms with van der Waals surface area (Å²) in [4.78, 5) is 11.6. The van der Waals surface area contributed by atoms with Crippen LogP contribution in [0.1, 0.15) is 41.6 Å². The first-order chi connectivity index (χ1) is 14.3. The molecule has 1 atom stereocenters. The summed E-state index contributed by atoms with van der Waals surface area (Å²) in [6.45, 7) is 0. The second-order valence-electron chi connectivity index (χ2n) is 8.40. The third-order valence-electron chi connectivity index (χ3n) is 6.70. The predicted octanol–water partition coefficient (Wildman–Crippen LogP) is 4.30. The van der Waals surface area contributed by atoms with E-state index >= 15 is 0 Å². The first kappa shape index (κ1) is 20.4. The maximum Gasteiger partial charge on any atom is 0.264 e. The Morgan fingerprint density at radius 1 is 1.10 bits per heavy atom. The van der Waals surface area contributed by atoms with E-state index in [1.54, 1.807) is 4.31 Å². The molecule has 2 fully saturated rings. The zero-order valence-electron chi connectivity index (χ0n) is 16.4. The molecule has 2 aromatic rings. The molecule has 1 unspecified atom stereocenters. The van der Waals surface area contributed by atoms with E-state index in [0.29, 0.717) is 11.5 Å². The van der Waals surface area contributed by atoms with E-state index < -0.39 is 15.9 Å². The average molecular weight is 507 g/mol. The number of thioether (sulfide) groups is 1. The van der Waals surface area contributed by atoms with Gasteiger partial charge in [-0.3, -0.25) is 9.10 Å². The van der Waals surface area contributed by atoms with Crippen LogP contribution in [0.3, 0.4) is 0 Å². The predicted molar refractivity (Wildman–Crippen MR) is 124 cm³/mol. The average Bonchev–Trinajstić information content (AvgIpc) is 3.54. The van der Waals surface area contributed by atoms with Crippen LogP contribution in [0, 0.1) is 5.92 Å². The highest BCUT2D eigenvalue weighted by molar-refractivity contribution is 9.10. The van der Waals surface area contributed by atoms with Crippen molar-refractivity contribution < 1.29 is 13.2 Å². The first-order valence-corrected chi connectivity index (χ1v) is 13.6. The Labute approximate surface area is 189 Å². The highest BCUT2D eigenvalue weighted by Gasteiger charge is 2.59. The van der Waals surface area contributed by atoms with Gasteiger partial charge in [-0.15, -0.1) is 0 Å². The van der Waals surface area contributed by atoms with Crippen molar-refractivity contribution in [2.75, 3.05) is 15.8 Å². The van der Waals surface area contributed by atoms with Crippen molar-refractivity contribution in [3.8, 4) is 0 Å². The van der Waals surface area contributed by atoms with Crippen molar-refractivity contribution in [2.24, 2.45) is 11.7 Å². The molecular formula is C22H23BrN2O3S2. The van der Waals surface area contributed by atoms with Crippen LogP contribution in [-0.4, -0.2) is 31.9 Å². The molecule has 2 aliphatic heterocycles. The van der Waals surface area contributed by atoms with Crippen molar-refractivity contribution in [2.45, 2.75) is 42.0 Å². The molecule has 0 bridgehead atoms. The fourth-order valence-corrected chi connectivity index (χ4v) is 8.55. The SMILES string of the molecule is NC(=O)c1ccc(S(=O)(=O)N2c3ccc(Br)cc3C3(CCSCC3)C2C2CC2)cc1. The number of benzene rings is 2. The number of primary amides is 1. The second-order valence-corrected chi connectivity index (χ2v) is 12.4. The molecule has 0 aromatic heterocycles. The van der Waals surface area contributed by atoms with Crippen LogP contribution in [0.15, 0.2) is 51.8 Å².